The van der Waals surface area contributed by atoms with E-state index < -0.39 is 0 Å². The van der Waals surface area contributed by atoms with Crippen molar-refractivity contribution >= 4 is 5.91 Å². The number of nitrogens with zero attached hydrogens (tertiary/aromatic N) is 1. The van der Waals surface area contributed by atoms with E-state index in [-0.39, 0.29) is 11.9 Å². The minimum absolute atomic E-state index is 0.142. The van der Waals surface area contributed by atoms with Crippen LogP contribution in [0.4, 0.5) is 0 Å². The Balaban J connectivity index is 4.07. The highest BCUT2D eigenvalue weighted by molar-refractivity contribution is 5.77. The summed E-state index contributed by atoms with van der Waals surface area (Å²) in [4.78, 5) is 13.5. The second-order valence-corrected chi connectivity index (χ2v) is 3.68. The van der Waals surface area contributed by atoms with Gasteiger partial charge in [-0.25, -0.2) is 0 Å². The average molecular weight is 210 g/mol. The Morgan fingerprint density at radius 3 is 2.67 bits per heavy atom. The second kappa shape index (κ2) is 8.31. The van der Waals surface area contributed by atoms with Gasteiger partial charge in [0, 0.05) is 19.0 Å². The van der Waals surface area contributed by atoms with Crippen molar-refractivity contribution in [3.8, 4) is 12.3 Å². The highest BCUT2D eigenvalue weighted by Gasteiger charge is 2.14. The fourth-order valence-electron chi connectivity index (χ4n) is 1.48. The van der Waals surface area contributed by atoms with Crippen LogP contribution in [0, 0.1) is 12.3 Å². The third kappa shape index (κ3) is 6.14. The van der Waals surface area contributed by atoms with Gasteiger partial charge in [-0.3, -0.25) is 4.79 Å². The normalized spacial score (nSPS) is 11.9. The summed E-state index contributed by atoms with van der Waals surface area (Å²) in [5, 5.41) is 3.22. The molecule has 15 heavy (non-hydrogen) atoms. The third-order valence-corrected chi connectivity index (χ3v) is 2.16. The molecule has 0 radical (unpaired) electrons. The van der Waals surface area contributed by atoms with Gasteiger partial charge in [0.15, 0.2) is 0 Å². The van der Waals surface area contributed by atoms with Gasteiger partial charge in [0.05, 0.1) is 6.54 Å². The van der Waals surface area contributed by atoms with Crippen molar-refractivity contribution in [1.29, 1.82) is 0 Å². The van der Waals surface area contributed by atoms with Crippen LogP contribution in [0.2, 0.25) is 0 Å². The molecule has 0 aromatic carbocycles. The van der Waals surface area contributed by atoms with Gasteiger partial charge in [0.25, 0.3) is 0 Å². The van der Waals surface area contributed by atoms with Gasteiger partial charge in [-0.15, -0.1) is 6.42 Å². The Kier molecular flexibility index (Phi) is 7.75. The Hall–Kier alpha value is -1.01. The van der Waals surface area contributed by atoms with Gasteiger partial charge >= 0.3 is 0 Å². The summed E-state index contributed by atoms with van der Waals surface area (Å²) in [7, 11) is 0. The summed E-state index contributed by atoms with van der Waals surface area (Å²) in [5.74, 6) is 2.67. The van der Waals surface area contributed by atoms with E-state index in [9.17, 15) is 4.79 Å². The molecule has 0 aliphatic rings. The molecule has 1 atom stereocenters. The minimum atomic E-state index is 0.142. The predicted molar refractivity (Wildman–Crippen MR) is 63.5 cm³/mol. The number of terminal acetylenes is 1. The fraction of sp³-hybridized carbons (Fsp3) is 0.750. The molecule has 3 nitrogen and oxygen atoms in total. The summed E-state index contributed by atoms with van der Waals surface area (Å²) in [6.45, 7) is 8.16. The standard InChI is InChI=1S/C12H22N2O/c1-5-8-14(9-6-2)12(15)10-11(4)13-7-3/h1,11,13H,6-10H2,2-4H3. The number of amides is 1. The van der Waals surface area contributed by atoms with E-state index in [0.717, 1.165) is 19.5 Å². The molecule has 86 valence electrons. The van der Waals surface area contributed by atoms with Crippen molar-refractivity contribution in [1.82, 2.24) is 10.2 Å². The lowest BCUT2D eigenvalue weighted by atomic mass is 10.2. The Labute approximate surface area is 93.2 Å². The highest BCUT2D eigenvalue weighted by atomic mass is 16.2. The molecule has 0 saturated carbocycles. The molecule has 0 saturated heterocycles. The molecule has 0 spiro atoms. The summed E-state index contributed by atoms with van der Waals surface area (Å²) in [6, 6.07) is 0.222. The molecule has 0 fully saturated rings. The van der Waals surface area contributed by atoms with Crippen LogP contribution >= 0.6 is 0 Å². The van der Waals surface area contributed by atoms with Gasteiger partial charge in [-0.1, -0.05) is 19.8 Å². The van der Waals surface area contributed by atoms with E-state index in [2.05, 4.69) is 11.2 Å². The van der Waals surface area contributed by atoms with Crippen molar-refractivity contribution in [2.75, 3.05) is 19.6 Å². The van der Waals surface area contributed by atoms with Crippen LogP contribution in [0.3, 0.4) is 0 Å². The summed E-state index contributed by atoms with van der Waals surface area (Å²) in [5.41, 5.74) is 0. The molecule has 0 aromatic heterocycles. The number of hydrogen-bond acceptors (Lipinski definition) is 2. The van der Waals surface area contributed by atoms with E-state index in [1.54, 1.807) is 4.90 Å². The van der Waals surface area contributed by atoms with Crippen molar-refractivity contribution < 1.29 is 4.79 Å². The lowest BCUT2D eigenvalue weighted by molar-refractivity contribution is -0.131. The van der Waals surface area contributed by atoms with E-state index in [4.69, 9.17) is 6.42 Å². The zero-order valence-electron chi connectivity index (χ0n) is 10.0. The molecule has 1 N–H and O–H groups in total. The van der Waals surface area contributed by atoms with Crippen LogP contribution in [0.25, 0.3) is 0 Å². The lowest BCUT2D eigenvalue weighted by Crippen LogP contribution is -2.37. The maximum Gasteiger partial charge on any atom is 0.224 e. The first-order valence-electron chi connectivity index (χ1n) is 5.60. The molecular formula is C12H22N2O. The first-order chi connectivity index (χ1) is 7.15. The first-order valence-corrected chi connectivity index (χ1v) is 5.60. The Morgan fingerprint density at radius 1 is 1.53 bits per heavy atom. The minimum Gasteiger partial charge on any atom is -0.332 e. The SMILES string of the molecule is C#CCN(CCC)C(=O)CC(C)NCC. The van der Waals surface area contributed by atoms with Crippen LogP contribution in [-0.2, 0) is 4.79 Å². The van der Waals surface area contributed by atoms with Crippen LogP contribution in [0.15, 0.2) is 0 Å². The summed E-state index contributed by atoms with van der Waals surface area (Å²) < 4.78 is 0. The van der Waals surface area contributed by atoms with Gasteiger partial charge < -0.3 is 10.2 Å². The van der Waals surface area contributed by atoms with Crippen LogP contribution in [0.5, 0.6) is 0 Å². The van der Waals surface area contributed by atoms with Crippen molar-refractivity contribution in [2.45, 2.75) is 39.7 Å². The molecule has 0 heterocycles. The molecule has 3 heteroatoms. The van der Waals surface area contributed by atoms with E-state index in [1.165, 1.54) is 0 Å². The van der Waals surface area contributed by atoms with Crippen LogP contribution in [0.1, 0.15) is 33.6 Å². The third-order valence-electron chi connectivity index (χ3n) is 2.16. The number of nitrogens with one attached hydrogen (secondary N) is 1. The summed E-state index contributed by atoms with van der Waals surface area (Å²) >= 11 is 0. The first kappa shape index (κ1) is 14.0. The zero-order chi connectivity index (χ0) is 11.7. The van der Waals surface area contributed by atoms with Crippen LogP contribution < -0.4 is 5.32 Å². The Morgan fingerprint density at radius 2 is 2.20 bits per heavy atom. The lowest BCUT2D eigenvalue weighted by Gasteiger charge is -2.21. The number of hydrogen-bond donors (Lipinski definition) is 1. The predicted octanol–water partition coefficient (Wildman–Crippen LogP) is 1.25. The van der Waals surface area contributed by atoms with Gasteiger partial charge in [0.1, 0.15) is 0 Å². The molecule has 0 bridgehead atoms. The smallest absolute Gasteiger partial charge is 0.224 e. The van der Waals surface area contributed by atoms with Crippen molar-refractivity contribution in [3.63, 3.8) is 0 Å². The molecule has 0 aliphatic carbocycles. The van der Waals surface area contributed by atoms with Crippen LogP contribution in [-0.4, -0.2) is 36.5 Å². The topological polar surface area (TPSA) is 32.3 Å². The zero-order valence-corrected chi connectivity index (χ0v) is 10.0. The molecule has 0 aliphatic heterocycles. The molecule has 1 unspecified atom stereocenters. The maximum atomic E-state index is 11.8. The molecule has 1 amide bonds. The van der Waals surface area contributed by atoms with Crippen molar-refractivity contribution in [3.05, 3.63) is 0 Å². The molecule has 0 aromatic rings. The van der Waals surface area contributed by atoms with E-state index in [1.807, 2.05) is 20.8 Å². The number of rotatable bonds is 7. The fourth-order valence-corrected chi connectivity index (χ4v) is 1.48. The van der Waals surface area contributed by atoms with Gasteiger partial charge in [0.2, 0.25) is 5.91 Å². The van der Waals surface area contributed by atoms with E-state index in [0.29, 0.717) is 13.0 Å². The highest BCUT2D eigenvalue weighted by Crippen LogP contribution is 1.99. The largest absolute Gasteiger partial charge is 0.332 e. The molecule has 0 rings (SSSR count). The number of carbonyl (C=O) groups is 1. The van der Waals surface area contributed by atoms with Gasteiger partial charge in [-0.2, -0.15) is 0 Å². The quantitative estimate of drug-likeness (QED) is 0.641. The second-order valence-electron chi connectivity index (χ2n) is 3.68. The average Bonchev–Trinajstić information content (AvgIpc) is 2.17. The van der Waals surface area contributed by atoms with Crippen molar-refractivity contribution in [2.24, 2.45) is 0 Å². The van der Waals surface area contributed by atoms with Gasteiger partial charge in [-0.05, 0) is 19.9 Å². The molecular weight excluding hydrogens is 188 g/mol. The monoisotopic (exact) mass is 210 g/mol. The Bertz CT molecular complexity index is 220. The maximum absolute atomic E-state index is 11.8. The summed E-state index contributed by atoms with van der Waals surface area (Å²) in [6.07, 6.45) is 6.70. The van der Waals surface area contributed by atoms with E-state index >= 15 is 0 Å². The number of carbonyl (C=O) groups excluding carboxylic acids is 1.